The lowest BCUT2D eigenvalue weighted by Crippen LogP contribution is -2.32. The van der Waals surface area contributed by atoms with Crippen LogP contribution in [-0.2, 0) is 5.41 Å². The Morgan fingerprint density at radius 2 is 1.63 bits per heavy atom. The van der Waals surface area contributed by atoms with Gasteiger partial charge in [-0.25, -0.2) is 0 Å². The molecule has 0 aromatic heterocycles. The molecule has 3 rings (SSSR count). The molecular formula is C15H15BO2S. The van der Waals surface area contributed by atoms with E-state index in [9.17, 15) is 10.0 Å². The molecule has 2 aromatic carbocycles. The van der Waals surface area contributed by atoms with E-state index in [0.717, 1.165) is 4.90 Å². The number of benzene rings is 2. The van der Waals surface area contributed by atoms with Crippen LogP contribution in [0.15, 0.2) is 52.3 Å². The van der Waals surface area contributed by atoms with Crippen molar-refractivity contribution in [2.75, 3.05) is 0 Å². The molecule has 96 valence electrons. The van der Waals surface area contributed by atoms with Crippen molar-refractivity contribution < 1.29 is 10.0 Å². The van der Waals surface area contributed by atoms with E-state index in [4.69, 9.17) is 0 Å². The minimum absolute atomic E-state index is 0.0594. The molecule has 0 aliphatic carbocycles. The second-order valence-electron chi connectivity index (χ2n) is 5.35. The van der Waals surface area contributed by atoms with Crippen molar-refractivity contribution in [3.05, 3.63) is 53.6 Å². The van der Waals surface area contributed by atoms with Crippen molar-refractivity contribution in [2.24, 2.45) is 0 Å². The van der Waals surface area contributed by atoms with Crippen molar-refractivity contribution in [1.29, 1.82) is 0 Å². The first kappa shape index (κ1) is 12.8. The van der Waals surface area contributed by atoms with E-state index in [1.54, 1.807) is 17.8 Å². The second kappa shape index (κ2) is 4.41. The Morgan fingerprint density at radius 1 is 0.947 bits per heavy atom. The van der Waals surface area contributed by atoms with Crippen molar-refractivity contribution in [3.63, 3.8) is 0 Å². The first-order valence-electron chi connectivity index (χ1n) is 6.28. The highest BCUT2D eigenvalue weighted by Crippen LogP contribution is 2.48. The summed E-state index contributed by atoms with van der Waals surface area (Å²) in [6.45, 7) is 4.42. The Morgan fingerprint density at radius 3 is 2.37 bits per heavy atom. The fraction of sp³-hybridized carbons (Fsp3) is 0.200. The largest absolute Gasteiger partial charge is 0.488 e. The average molecular weight is 270 g/mol. The van der Waals surface area contributed by atoms with Crippen LogP contribution in [0.1, 0.15) is 25.0 Å². The van der Waals surface area contributed by atoms with Crippen LogP contribution in [-0.4, -0.2) is 17.2 Å². The van der Waals surface area contributed by atoms with Crippen LogP contribution in [0.5, 0.6) is 0 Å². The molecule has 0 saturated carbocycles. The molecule has 0 spiro atoms. The average Bonchev–Trinajstić information content (AvgIpc) is 2.38. The Labute approximate surface area is 117 Å². The third kappa shape index (κ3) is 2.00. The molecule has 2 N–H and O–H groups in total. The van der Waals surface area contributed by atoms with Crippen molar-refractivity contribution in [3.8, 4) is 0 Å². The van der Waals surface area contributed by atoms with Crippen LogP contribution < -0.4 is 5.46 Å². The molecule has 0 fully saturated rings. The molecule has 0 radical (unpaired) electrons. The van der Waals surface area contributed by atoms with Crippen molar-refractivity contribution in [1.82, 2.24) is 0 Å². The van der Waals surface area contributed by atoms with E-state index >= 15 is 0 Å². The molecule has 1 heterocycles. The molecule has 2 aromatic rings. The maximum absolute atomic E-state index is 9.30. The number of fused-ring (bicyclic) bond motifs is 2. The summed E-state index contributed by atoms with van der Waals surface area (Å²) in [6, 6.07) is 14.1. The lowest BCUT2D eigenvalue weighted by atomic mass is 9.74. The minimum atomic E-state index is -1.41. The zero-order valence-electron chi connectivity index (χ0n) is 10.9. The number of hydrogen-bond donors (Lipinski definition) is 2. The van der Waals surface area contributed by atoms with Gasteiger partial charge in [0.2, 0.25) is 0 Å². The lowest BCUT2D eigenvalue weighted by Gasteiger charge is -2.34. The van der Waals surface area contributed by atoms with Gasteiger partial charge in [0.15, 0.2) is 0 Å². The zero-order valence-corrected chi connectivity index (χ0v) is 11.7. The quantitative estimate of drug-likeness (QED) is 0.780. The van der Waals surface area contributed by atoms with Crippen LogP contribution in [0.3, 0.4) is 0 Å². The van der Waals surface area contributed by atoms with Gasteiger partial charge in [-0.2, -0.15) is 0 Å². The molecule has 2 nitrogen and oxygen atoms in total. The highest BCUT2D eigenvalue weighted by molar-refractivity contribution is 7.99. The van der Waals surface area contributed by atoms with Gasteiger partial charge in [0, 0.05) is 15.2 Å². The summed E-state index contributed by atoms with van der Waals surface area (Å²) in [4.78, 5) is 2.35. The minimum Gasteiger partial charge on any atom is -0.423 e. The zero-order chi connectivity index (χ0) is 13.6. The highest BCUT2D eigenvalue weighted by atomic mass is 32.2. The Hall–Kier alpha value is -1.23. The van der Waals surface area contributed by atoms with E-state index in [1.807, 2.05) is 18.2 Å². The van der Waals surface area contributed by atoms with Crippen LogP contribution >= 0.6 is 11.8 Å². The molecule has 0 atom stereocenters. The predicted molar refractivity (Wildman–Crippen MR) is 79.0 cm³/mol. The molecule has 1 aliphatic rings. The van der Waals surface area contributed by atoms with Crippen LogP contribution in [0.25, 0.3) is 0 Å². The Kier molecular flexibility index (Phi) is 2.97. The summed E-state index contributed by atoms with van der Waals surface area (Å²) >= 11 is 1.69. The fourth-order valence-electron chi connectivity index (χ4n) is 2.64. The molecular weight excluding hydrogens is 255 g/mol. The van der Waals surface area contributed by atoms with Gasteiger partial charge in [0.1, 0.15) is 0 Å². The van der Waals surface area contributed by atoms with Gasteiger partial charge >= 0.3 is 7.12 Å². The van der Waals surface area contributed by atoms with Gasteiger partial charge in [-0.05, 0) is 28.7 Å². The highest BCUT2D eigenvalue weighted by Gasteiger charge is 2.33. The van der Waals surface area contributed by atoms with Crippen LogP contribution in [0.4, 0.5) is 0 Å². The summed E-state index contributed by atoms with van der Waals surface area (Å²) in [7, 11) is -1.41. The van der Waals surface area contributed by atoms with Crippen molar-refractivity contribution in [2.45, 2.75) is 29.1 Å². The third-order valence-electron chi connectivity index (χ3n) is 3.76. The van der Waals surface area contributed by atoms with Gasteiger partial charge in [-0.1, -0.05) is 55.9 Å². The fourth-order valence-corrected chi connectivity index (χ4v) is 4.08. The second-order valence-corrected chi connectivity index (χ2v) is 6.44. The van der Waals surface area contributed by atoms with Gasteiger partial charge in [0.25, 0.3) is 0 Å². The molecule has 0 amide bonds. The normalized spacial score (nSPS) is 15.6. The van der Waals surface area contributed by atoms with E-state index < -0.39 is 7.12 Å². The number of rotatable bonds is 1. The van der Waals surface area contributed by atoms with Gasteiger partial charge in [-0.3, -0.25) is 0 Å². The van der Waals surface area contributed by atoms with E-state index in [-0.39, 0.29) is 5.41 Å². The first-order valence-corrected chi connectivity index (χ1v) is 7.10. The first-order chi connectivity index (χ1) is 9.00. The van der Waals surface area contributed by atoms with Crippen molar-refractivity contribution >= 4 is 24.3 Å². The summed E-state index contributed by atoms with van der Waals surface area (Å²) in [5.41, 5.74) is 3.04. The number of hydrogen-bond acceptors (Lipinski definition) is 3. The molecule has 0 saturated heterocycles. The summed E-state index contributed by atoms with van der Waals surface area (Å²) in [5, 5.41) is 18.6. The molecule has 4 heteroatoms. The molecule has 0 unspecified atom stereocenters. The van der Waals surface area contributed by atoms with Gasteiger partial charge in [0.05, 0.1) is 0 Å². The van der Waals surface area contributed by atoms with Gasteiger partial charge in [-0.15, -0.1) is 0 Å². The van der Waals surface area contributed by atoms with Crippen LogP contribution in [0.2, 0.25) is 0 Å². The third-order valence-corrected chi connectivity index (χ3v) is 4.89. The lowest BCUT2D eigenvalue weighted by molar-refractivity contribution is 0.425. The van der Waals surface area contributed by atoms with E-state index in [2.05, 4.69) is 32.0 Å². The maximum atomic E-state index is 9.30. The van der Waals surface area contributed by atoms with E-state index in [1.165, 1.54) is 16.0 Å². The van der Waals surface area contributed by atoms with E-state index in [0.29, 0.717) is 5.46 Å². The summed E-state index contributed by atoms with van der Waals surface area (Å²) < 4.78 is 0. The molecule has 19 heavy (non-hydrogen) atoms. The smallest absolute Gasteiger partial charge is 0.423 e. The summed E-state index contributed by atoms with van der Waals surface area (Å²) in [5.74, 6) is 0. The summed E-state index contributed by atoms with van der Waals surface area (Å²) in [6.07, 6.45) is 0. The van der Waals surface area contributed by atoms with Crippen LogP contribution in [0, 0.1) is 0 Å². The standard InChI is InChI=1S/C15H15BO2S/c1-15(2)11-5-3-4-6-13(11)19-14-9-10(16(17)18)7-8-12(14)15/h3-9,17-18H,1-2H3. The molecule has 0 bridgehead atoms. The van der Waals surface area contributed by atoms with Gasteiger partial charge < -0.3 is 10.0 Å². The predicted octanol–water partition coefficient (Wildman–Crippen LogP) is 2.16. The SMILES string of the molecule is CC1(C)c2ccccc2Sc2cc(B(O)O)ccc21. The Balaban J connectivity index is 2.18. The Bertz CT molecular complexity index is 638. The molecule has 1 aliphatic heterocycles. The monoisotopic (exact) mass is 270 g/mol. The maximum Gasteiger partial charge on any atom is 0.488 e. The topological polar surface area (TPSA) is 40.5 Å².